The van der Waals surface area contributed by atoms with Crippen LogP contribution in [0.25, 0.3) is 0 Å². The van der Waals surface area contributed by atoms with Crippen molar-refractivity contribution in [1.29, 1.82) is 0 Å². The molecule has 0 aliphatic carbocycles. The fourth-order valence-electron chi connectivity index (χ4n) is 1.61. The average Bonchev–Trinajstić information content (AvgIpc) is 2.20. The van der Waals surface area contributed by atoms with Gasteiger partial charge in [0.05, 0.1) is 15.7 Å². The third-order valence-electron chi connectivity index (χ3n) is 2.35. The van der Waals surface area contributed by atoms with Crippen LogP contribution >= 0.6 is 23.2 Å². The minimum absolute atomic E-state index is 0.184. The number of carbonyl (C=O) groups excluding carboxylic acids is 2. The Morgan fingerprint density at radius 3 is 2.06 bits per heavy atom. The number of benzene rings is 1. The van der Waals surface area contributed by atoms with Gasteiger partial charge in [0.15, 0.2) is 9.84 Å². The van der Waals surface area contributed by atoms with Gasteiger partial charge in [-0.05, 0) is 18.2 Å². The summed E-state index contributed by atoms with van der Waals surface area (Å²) in [6.07, 6.45) is 0. The van der Waals surface area contributed by atoms with Crippen LogP contribution in [0.15, 0.2) is 18.2 Å². The molecule has 8 heteroatoms. The molecule has 0 N–H and O–H groups in total. The number of hydrogen-bond acceptors (Lipinski definition) is 4. The van der Waals surface area contributed by atoms with Crippen molar-refractivity contribution in [2.75, 3.05) is 16.4 Å². The Morgan fingerprint density at radius 2 is 1.56 bits per heavy atom. The SMILES string of the molecule is O=C1CS(=O)(=O)CC(=O)N1c1ccc(Cl)c(Cl)c1. The molecule has 1 heterocycles. The summed E-state index contributed by atoms with van der Waals surface area (Å²) in [6, 6.07) is 4.21. The van der Waals surface area contributed by atoms with Crippen LogP contribution < -0.4 is 4.90 Å². The molecule has 0 atom stereocenters. The van der Waals surface area contributed by atoms with Crippen molar-refractivity contribution in [1.82, 2.24) is 0 Å². The number of sulfone groups is 1. The molecule has 1 aromatic rings. The number of amides is 2. The fourth-order valence-corrected chi connectivity index (χ4v) is 3.01. The maximum Gasteiger partial charge on any atom is 0.248 e. The predicted octanol–water partition coefficient (Wildman–Crippen LogP) is 1.28. The van der Waals surface area contributed by atoms with Crippen molar-refractivity contribution in [3.05, 3.63) is 28.2 Å². The Morgan fingerprint density at radius 1 is 1.00 bits per heavy atom. The van der Waals surface area contributed by atoms with E-state index in [0.717, 1.165) is 4.90 Å². The van der Waals surface area contributed by atoms with Gasteiger partial charge in [0, 0.05) is 0 Å². The first-order valence-electron chi connectivity index (χ1n) is 4.81. The summed E-state index contributed by atoms with van der Waals surface area (Å²) < 4.78 is 22.5. The summed E-state index contributed by atoms with van der Waals surface area (Å²) in [6.45, 7) is 0. The van der Waals surface area contributed by atoms with Crippen molar-refractivity contribution < 1.29 is 18.0 Å². The quantitative estimate of drug-likeness (QED) is 0.733. The molecule has 1 aliphatic heterocycles. The van der Waals surface area contributed by atoms with Crippen LogP contribution in [-0.2, 0) is 19.4 Å². The molecule has 1 aliphatic rings. The van der Waals surface area contributed by atoms with E-state index in [-0.39, 0.29) is 15.7 Å². The number of halogens is 2. The van der Waals surface area contributed by atoms with E-state index < -0.39 is 33.2 Å². The lowest BCUT2D eigenvalue weighted by molar-refractivity contribution is -0.124. The molecule has 18 heavy (non-hydrogen) atoms. The van der Waals surface area contributed by atoms with Gasteiger partial charge in [-0.2, -0.15) is 0 Å². The van der Waals surface area contributed by atoms with Crippen LogP contribution in [0.2, 0.25) is 10.0 Å². The molecule has 1 aromatic carbocycles. The first-order chi connectivity index (χ1) is 8.30. The Balaban J connectivity index is 2.42. The second kappa shape index (κ2) is 4.53. The molecule has 5 nitrogen and oxygen atoms in total. The average molecular weight is 308 g/mol. The third-order valence-corrected chi connectivity index (χ3v) is 4.46. The molecule has 0 spiro atoms. The maximum absolute atomic E-state index is 11.7. The van der Waals surface area contributed by atoms with Crippen LogP contribution in [0.5, 0.6) is 0 Å². The Bertz CT molecular complexity index is 617. The lowest BCUT2D eigenvalue weighted by atomic mass is 10.2. The number of carbonyl (C=O) groups is 2. The summed E-state index contributed by atoms with van der Waals surface area (Å²) >= 11 is 11.5. The van der Waals surface area contributed by atoms with Gasteiger partial charge in [0.1, 0.15) is 11.5 Å². The molecule has 1 fully saturated rings. The van der Waals surface area contributed by atoms with Crippen molar-refractivity contribution >= 4 is 50.5 Å². The van der Waals surface area contributed by atoms with E-state index in [0.29, 0.717) is 0 Å². The summed E-state index contributed by atoms with van der Waals surface area (Å²) in [5, 5.41) is 0.466. The van der Waals surface area contributed by atoms with Gasteiger partial charge in [-0.3, -0.25) is 9.59 Å². The minimum atomic E-state index is -3.64. The number of rotatable bonds is 1. The summed E-state index contributed by atoms with van der Waals surface area (Å²) in [4.78, 5) is 24.1. The van der Waals surface area contributed by atoms with Gasteiger partial charge in [0.2, 0.25) is 11.8 Å². The van der Waals surface area contributed by atoms with E-state index in [1.807, 2.05) is 0 Å². The lowest BCUT2D eigenvalue weighted by Crippen LogP contribution is -2.49. The second-order valence-electron chi connectivity index (χ2n) is 3.75. The summed E-state index contributed by atoms with van der Waals surface area (Å²) in [5.41, 5.74) is 0.217. The van der Waals surface area contributed by atoms with Gasteiger partial charge in [-0.15, -0.1) is 0 Å². The molecule has 1 saturated heterocycles. The van der Waals surface area contributed by atoms with Crippen LogP contribution in [0, 0.1) is 0 Å². The predicted molar refractivity (Wildman–Crippen MR) is 67.6 cm³/mol. The van der Waals surface area contributed by atoms with Crippen LogP contribution in [0.3, 0.4) is 0 Å². The molecule has 0 unspecified atom stereocenters. The largest absolute Gasteiger partial charge is 0.273 e. The topological polar surface area (TPSA) is 71.5 Å². The molecule has 0 radical (unpaired) electrons. The van der Waals surface area contributed by atoms with E-state index in [4.69, 9.17) is 23.2 Å². The smallest absolute Gasteiger partial charge is 0.248 e. The molecule has 0 aromatic heterocycles. The Hall–Kier alpha value is -1.11. The highest BCUT2D eigenvalue weighted by atomic mass is 35.5. The molecule has 0 bridgehead atoms. The first-order valence-corrected chi connectivity index (χ1v) is 7.39. The molecular weight excluding hydrogens is 301 g/mol. The van der Waals surface area contributed by atoms with Gasteiger partial charge in [-0.1, -0.05) is 23.2 Å². The lowest BCUT2D eigenvalue weighted by Gasteiger charge is -2.25. The Kier molecular flexibility index (Phi) is 3.35. The number of hydrogen-bond donors (Lipinski definition) is 0. The molecular formula is C10H7Cl2NO4S. The zero-order valence-electron chi connectivity index (χ0n) is 8.89. The van der Waals surface area contributed by atoms with Gasteiger partial charge in [-0.25, -0.2) is 13.3 Å². The van der Waals surface area contributed by atoms with Gasteiger partial charge in [0.25, 0.3) is 0 Å². The molecule has 2 rings (SSSR count). The van der Waals surface area contributed by atoms with Gasteiger partial charge < -0.3 is 0 Å². The number of imide groups is 1. The normalized spacial score (nSPS) is 19.1. The van der Waals surface area contributed by atoms with Crippen LogP contribution in [0.4, 0.5) is 5.69 Å². The second-order valence-corrected chi connectivity index (χ2v) is 6.63. The van der Waals surface area contributed by atoms with E-state index in [1.165, 1.54) is 18.2 Å². The highest BCUT2D eigenvalue weighted by Crippen LogP contribution is 2.28. The standard InChI is InChI=1S/C10H7Cl2NO4S/c11-7-2-1-6(3-8(7)12)13-9(14)4-18(16,17)5-10(13)15/h1-3H,4-5H2. The molecule has 0 saturated carbocycles. The molecule has 2 amide bonds. The van der Waals surface area contributed by atoms with Crippen molar-refractivity contribution in [3.8, 4) is 0 Å². The molecule has 96 valence electrons. The van der Waals surface area contributed by atoms with E-state index in [9.17, 15) is 18.0 Å². The first kappa shape index (κ1) is 13.3. The van der Waals surface area contributed by atoms with Crippen LogP contribution in [-0.4, -0.2) is 31.7 Å². The van der Waals surface area contributed by atoms with E-state index in [1.54, 1.807) is 0 Å². The zero-order valence-corrected chi connectivity index (χ0v) is 11.2. The number of nitrogens with zero attached hydrogens (tertiary/aromatic N) is 1. The van der Waals surface area contributed by atoms with E-state index >= 15 is 0 Å². The highest BCUT2D eigenvalue weighted by molar-refractivity contribution is 7.93. The Labute approximate surface area is 113 Å². The summed E-state index contributed by atoms with van der Waals surface area (Å²) in [5.74, 6) is -2.94. The summed E-state index contributed by atoms with van der Waals surface area (Å²) in [7, 11) is -3.64. The van der Waals surface area contributed by atoms with E-state index in [2.05, 4.69) is 0 Å². The third kappa shape index (κ3) is 2.50. The fraction of sp³-hybridized carbons (Fsp3) is 0.200. The zero-order chi connectivity index (χ0) is 13.5. The van der Waals surface area contributed by atoms with Crippen molar-refractivity contribution in [2.45, 2.75) is 0 Å². The number of anilines is 1. The highest BCUT2D eigenvalue weighted by Gasteiger charge is 2.36. The monoisotopic (exact) mass is 307 g/mol. The van der Waals surface area contributed by atoms with Crippen molar-refractivity contribution in [3.63, 3.8) is 0 Å². The maximum atomic E-state index is 11.7. The van der Waals surface area contributed by atoms with Crippen LogP contribution in [0.1, 0.15) is 0 Å². The van der Waals surface area contributed by atoms with Crippen molar-refractivity contribution in [2.24, 2.45) is 0 Å². The van der Waals surface area contributed by atoms with Gasteiger partial charge >= 0.3 is 0 Å². The minimum Gasteiger partial charge on any atom is -0.273 e.